The SMILES string of the molecule is CCOc1ccc(CN2CCNC(=O)[C@@H]2CC(=O)NCc2n[nH]c(C)n2)cc1. The number of carbonyl (C=O) groups is 2. The Kier molecular flexibility index (Phi) is 6.59. The summed E-state index contributed by atoms with van der Waals surface area (Å²) >= 11 is 0. The number of amides is 2. The summed E-state index contributed by atoms with van der Waals surface area (Å²) in [6.07, 6.45) is 0.0896. The zero-order chi connectivity index (χ0) is 19.9. The number of nitrogens with one attached hydrogen (secondary N) is 3. The minimum atomic E-state index is -0.505. The fraction of sp³-hybridized carbons (Fsp3) is 0.474. The maximum Gasteiger partial charge on any atom is 0.237 e. The number of benzene rings is 1. The number of carbonyl (C=O) groups excluding carboxylic acids is 2. The number of H-pyrrole nitrogens is 1. The molecule has 1 fully saturated rings. The molecular formula is C19H26N6O3. The van der Waals surface area contributed by atoms with E-state index in [1.165, 1.54) is 0 Å². The van der Waals surface area contributed by atoms with Crippen molar-refractivity contribution in [3.63, 3.8) is 0 Å². The van der Waals surface area contributed by atoms with Gasteiger partial charge in [-0.05, 0) is 31.5 Å². The highest BCUT2D eigenvalue weighted by atomic mass is 16.5. The second kappa shape index (κ2) is 9.32. The normalized spacial score (nSPS) is 17.2. The van der Waals surface area contributed by atoms with Crippen LogP contribution in [-0.4, -0.2) is 57.6 Å². The molecule has 150 valence electrons. The van der Waals surface area contributed by atoms with Gasteiger partial charge in [0, 0.05) is 19.6 Å². The van der Waals surface area contributed by atoms with E-state index >= 15 is 0 Å². The van der Waals surface area contributed by atoms with Crippen molar-refractivity contribution in [1.29, 1.82) is 0 Å². The van der Waals surface area contributed by atoms with Gasteiger partial charge in [-0.2, -0.15) is 5.10 Å². The highest BCUT2D eigenvalue weighted by Crippen LogP contribution is 2.17. The van der Waals surface area contributed by atoms with Crippen LogP contribution in [0.15, 0.2) is 24.3 Å². The molecule has 2 aromatic rings. The number of nitrogens with zero attached hydrogens (tertiary/aromatic N) is 3. The van der Waals surface area contributed by atoms with Crippen molar-refractivity contribution in [2.45, 2.75) is 39.4 Å². The highest BCUT2D eigenvalue weighted by molar-refractivity contribution is 5.88. The molecule has 9 nitrogen and oxygen atoms in total. The van der Waals surface area contributed by atoms with Gasteiger partial charge in [-0.3, -0.25) is 19.6 Å². The molecular weight excluding hydrogens is 360 g/mol. The van der Waals surface area contributed by atoms with E-state index in [2.05, 4.69) is 25.8 Å². The fourth-order valence-corrected chi connectivity index (χ4v) is 3.16. The minimum Gasteiger partial charge on any atom is -0.494 e. The molecule has 1 aliphatic rings. The third-order valence-electron chi connectivity index (χ3n) is 4.53. The van der Waals surface area contributed by atoms with Crippen molar-refractivity contribution >= 4 is 11.8 Å². The van der Waals surface area contributed by atoms with Crippen LogP contribution in [-0.2, 0) is 22.7 Å². The maximum absolute atomic E-state index is 12.4. The van der Waals surface area contributed by atoms with E-state index in [4.69, 9.17) is 4.74 Å². The molecule has 1 aliphatic heterocycles. The standard InChI is InChI=1S/C19H26N6O3/c1-3-28-15-6-4-14(5-7-15)12-25-9-8-20-19(27)16(25)10-18(26)21-11-17-22-13(2)23-24-17/h4-7,16H,3,8-12H2,1-2H3,(H,20,27)(H,21,26)(H,22,23,24)/t16-/m0/s1. The number of aromatic amines is 1. The molecule has 0 unspecified atom stereocenters. The molecule has 9 heteroatoms. The van der Waals surface area contributed by atoms with Crippen molar-refractivity contribution < 1.29 is 14.3 Å². The number of piperazine rings is 1. The van der Waals surface area contributed by atoms with Crippen molar-refractivity contribution in [3.8, 4) is 5.75 Å². The van der Waals surface area contributed by atoms with Crippen molar-refractivity contribution in [3.05, 3.63) is 41.5 Å². The van der Waals surface area contributed by atoms with Crippen LogP contribution >= 0.6 is 0 Å². The number of hydrogen-bond donors (Lipinski definition) is 3. The summed E-state index contributed by atoms with van der Waals surface area (Å²) in [5.74, 6) is 1.70. The quantitative estimate of drug-likeness (QED) is 0.610. The summed E-state index contributed by atoms with van der Waals surface area (Å²) in [6.45, 7) is 6.45. The molecule has 1 atom stereocenters. The van der Waals surface area contributed by atoms with Crippen LogP contribution in [0.25, 0.3) is 0 Å². The molecule has 3 N–H and O–H groups in total. The fourth-order valence-electron chi connectivity index (χ4n) is 3.16. The van der Waals surface area contributed by atoms with Gasteiger partial charge >= 0.3 is 0 Å². The molecule has 2 heterocycles. The Balaban J connectivity index is 1.58. The van der Waals surface area contributed by atoms with Crippen LogP contribution in [0.4, 0.5) is 0 Å². The Labute approximate surface area is 163 Å². The van der Waals surface area contributed by atoms with Crippen molar-refractivity contribution in [1.82, 2.24) is 30.7 Å². The molecule has 0 aliphatic carbocycles. The van der Waals surface area contributed by atoms with Crippen LogP contribution in [0.2, 0.25) is 0 Å². The summed E-state index contributed by atoms with van der Waals surface area (Å²) < 4.78 is 5.46. The molecule has 0 radical (unpaired) electrons. The first-order valence-corrected chi connectivity index (χ1v) is 9.43. The van der Waals surface area contributed by atoms with Crippen molar-refractivity contribution in [2.24, 2.45) is 0 Å². The Morgan fingerprint density at radius 3 is 2.82 bits per heavy atom. The summed E-state index contributed by atoms with van der Waals surface area (Å²) in [4.78, 5) is 30.9. The summed E-state index contributed by atoms with van der Waals surface area (Å²) in [5.41, 5.74) is 1.07. The number of aromatic nitrogens is 3. The van der Waals surface area contributed by atoms with Crippen LogP contribution < -0.4 is 15.4 Å². The molecule has 1 aromatic heterocycles. The Hall–Kier alpha value is -2.94. The van der Waals surface area contributed by atoms with Crippen LogP contribution in [0, 0.1) is 6.92 Å². The maximum atomic E-state index is 12.4. The van der Waals surface area contributed by atoms with Gasteiger partial charge in [0.1, 0.15) is 11.6 Å². The van der Waals surface area contributed by atoms with Gasteiger partial charge < -0.3 is 15.4 Å². The highest BCUT2D eigenvalue weighted by Gasteiger charge is 2.31. The van der Waals surface area contributed by atoms with Crippen molar-refractivity contribution in [2.75, 3.05) is 19.7 Å². The average Bonchev–Trinajstić information content (AvgIpc) is 3.10. The van der Waals surface area contributed by atoms with E-state index < -0.39 is 6.04 Å². The number of hydrogen-bond acceptors (Lipinski definition) is 6. The zero-order valence-corrected chi connectivity index (χ0v) is 16.2. The van der Waals surface area contributed by atoms with Crippen LogP contribution in [0.1, 0.15) is 30.6 Å². The summed E-state index contributed by atoms with van der Waals surface area (Å²) in [7, 11) is 0. The van der Waals surface area contributed by atoms with Gasteiger partial charge in [0.15, 0.2) is 5.82 Å². The Morgan fingerprint density at radius 2 is 2.14 bits per heavy atom. The van der Waals surface area contributed by atoms with Gasteiger partial charge in [-0.15, -0.1) is 0 Å². The zero-order valence-electron chi connectivity index (χ0n) is 16.2. The number of aryl methyl sites for hydroxylation is 1. The molecule has 3 rings (SSSR count). The minimum absolute atomic E-state index is 0.0896. The molecule has 28 heavy (non-hydrogen) atoms. The topological polar surface area (TPSA) is 112 Å². The first-order chi connectivity index (χ1) is 13.5. The smallest absolute Gasteiger partial charge is 0.237 e. The third kappa shape index (κ3) is 5.29. The van der Waals surface area contributed by atoms with E-state index in [0.29, 0.717) is 37.9 Å². The van der Waals surface area contributed by atoms with Crippen LogP contribution in [0.3, 0.4) is 0 Å². The van der Waals surface area contributed by atoms with E-state index in [1.807, 2.05) is 36.1 Å². The number of ether oxygens (including phenoxy) is 1. The van der Waals surface area contributed by atoms with Gasteiger partial charge in [-0.25, -0.2) is 4.98 Å². The van der Waals surface area contributed by atoms with Gasteiger partial charge in [0.25, 0.3) is 0 Å². The lowest BCUT2D eigenvalue weighted by atomic mass is 10.1. The Morgan fingerprint density at radius 1 is 1.36 bits per heavy atom. The lowest BCUT2D eigenvalue weighted by Gasteiger charge is -2.34. The molecule has 1 aromatic carbocycles. The number of rotatable bonds is 8. The second-order valence-corrected chi connectivity index (χ2v) is 6.67. The van der Waals surface area contributed by atoms with Gasteiger partial charge in [0.2, 0.25) is 11.8 Å². The molecule has 2 amide bonds. The van der Waals surface area contributed by atoms with E-state index in [1.54, 1.807) is 6.92 Å². The monoisotopic (exact) mass is 386 g/mol. The predicted octanol–water partition coefficient (Wildman–Crippen LogP) is 0.519. The molecule has 0 spiro atoms. The first-order valence-electron chi connectivity index (χ1n) is 9.43. The Bertz CT molecular complexity index is 804. The van der Waals surface area contributed by atoms with E-state index in [-0.39, 0.29) is 24.8 Å². The van der Waals surface area contributed by atoms with Gasteiger partial charge in [0.05, 0.1) is 25.6 Å². The molecule has 1 saturated heterocycles. The summed E-state index contributed by atoms with van der Waals surface area (Å²) in [6, 6.07) is 7.31. The lowest BCUT2D eigenvalue weighted by Crippen LogP contribution is -2.56. The lowest BCUT2D eigenvalue weighted by molar-refractivity contribution is -0.134. The van der Waals surface area contributed by atoms with E-state index in [9.17, 15) is 9.59 Å². The largest absolute Gasteiger partial charge is 0.494 e. The second-order valence-electron chi connectivity index (χ2n) is 6.67. The van der Waals surface area contributed by atoms with Crippen LogP contribution in [0.5, 0.6) is 5.75 Å². The third-order valence-corrected chi connectivity index (χ3v) is 4.53. The van der Waals surface area contributed by atoms with Gasteiger partial charge in [-0.1, -0.05) is 12.1 Å². The predicted molar refractivity (Wildman–Crippen MR) is 102 cm³/mol. The first kappa shape index (κ1) is 19.8. The molecule has 0 saturated carbocycles. The van der Waals surface area contributed by atoms with E-state index in [0.717, 1.165) is 11.3 Å². The molecule has 0 bridgehead atoms. The summed E-state index contributed by atoms with van der Waals surface area (Å²) in [5, 5.41) is 12.3. The average molecular weight is 386 g/mol.